The summed E-state index contributed by atoms with van der Waals surface area (Å²) in [6, 6.07) is 0. The van der Waals surface area contributed by atoms with Crippen LogP contribution < -0.4 is 10.6 Å². The molecule has 1 rings (SSSR count). The van der Waals surface area contributed by atoms with E-state index < -0.39 is 0 Å². The Morgan fingerprint density at radius 2 is 1.41 bits per heavy atom. The molecule has 0 aliphatic carbocycles. The molecule has 0 aromatic carbocycles. The second kappa shape index (κ2) is 7.81. The highest BCUT2D eigenvalue weighted by atomic mass is 15.2. The van der Waals surface area contributed by atoms with Crippen LogP contribution in [0.2, 0.25) is 0 Å². The van der Waals surface area contributed by atoms with Crippen molar-refractivity contribution in [3.63, 3.8) is 0 Å². The summed E-state index contributed by atoms with van der Waals surface area (Å²) in [5.41, 5.74) is 0. The molecule has 0 radical (unpaired) electrons. The van der Waals surface area contributed by atoms with Crippen LogP contribution in [-0.2, 0) is 6.42 Å². The molecule has 1 heterocycles. The van der Waals surface area contributed by atoms with Crippen LogP contribution in [0.4, 0.5) is 11.9 Å². The van der Waals surface area contributed by atoms with Gasteiger partial charge in [0.2, 0.25) is 11.9 Å². The molecule has 0 atom stereocenters. The van der Waals surface area contributed by atoms with Gasteiger partial charge in [0.1, 0.15) is 5.82 Å². The Hall–Kier alpha value is -1.39. The Labute approximate surface area is 103 Å². The van der Waals surface area contributed by atoms with Crippen molar-refractivity contribution < 1.29 is 0 Å². The highest BCUT2D eigenvalue weighted by molar-refractivity contribution is 5.34. The van der Waals surface area contributed by atoms with Gasteiger partial charge in [-0.25, -0.2) is 0 Å². The Morgan fingerprint density at radius 1 is 0.824 bits per heavy atom. The van der Waals surface area contributed by atoms with Gasteiger partial charge in [-0.15, -0.1) is 0 Å². The van der Waals surface area contributed by atoms with Crippen molar-refractivity contribution in [3.05, 3.63) is 5.82 Å². The second-order valence-electron chi connectivity index (χ2n) is 3.92. The lowest BCUT2D eigenvalue weighted by Crippen LogP contribution is -2.11. The number of hydrogen-bond donors (Lipinski definition) is 2. The monoisotopic (exact) mass is 237 g/mol. The van der Waals surface area contributed by atoms with E-state index >= 15 is 0 Å². The van der Waals surface area contributed by atoms with Crippen LogP contribution in [0.3, 0.4) is 0 Å². The first-order chi connectivity index (χ1) is 8.30. The molecular formula is C12H23N5. The van der Waals surface area contributed by atoms with Crippen molar-refractivity contribution in [2.45, 2.75) is 46.5 Å². The van der Waals surface area contributed by atoms with E-state index in [1.54, 1.807) is 0 Å². The Balaban J connectivity index is 2.72. The quantitative estimate of drug-likeness (QED) is 0.680. The van der Waals surface area contributed by atoms with E-state index in [1.165, 1.54) is 12.8 Å². The summed E-state index contributed by atoms with van der Waals surface area (Å²) in [7, 11) is 0. The van der Waals surface area contributed by atoms with Crippen molar-refractivity contribution in [3.8, 4) is 0 Å². The number of anilines is 2. The zero-order valence-corrected chi connectivity index (χ0v) is 11.1. The lowest BCUT2D eigenvalue weighted by atomic mass is 10.2. The Morgan fingerprint density at radius 3 is 1.88 bits per heavy atom. The van der Waals surface area contributed by atoms with Gasteiger partial charge in [0.05, 0.1) is 0 Å². The number of rotatable bonds is 8. The van der Waals surface area contributed by atoms with Crippen LogP contribution in [0.1, 0.15) is 45.9 Å². The van der Waals surface area contributed by atoms with Crippen molar-refractivity contribution in [1.29, 1.82) is 0 Å². The topological polar surface area (TPSA) is 62.7 Å². The second-order valence-corrected chi connectivity index (χ2v) is 3.92. The molecular weight excluding hydrogens is 214 g/mol. The Kier molecular flexibility index (Phi) is 6.29. The van der Waals surface area contributed by atoms with Crippen LogP contribution in [0.15, 0.2) is 0 Å². The van der Waals surface area contributed by atoms with Crippen LogP contribution in [0, 0.1) is 0 Å². The van der Waals surface area contributed by atoms with Gasteiger partial charge in [-0.3, -0.25) is 0 Å². The molecule has 2 N–H and O–H groups in total. The maximum Gasteiger partial charge on any atom is 0.227 e. The van der Waals surface area contributed by atoms with Crippen LogP contribution in [0.5, 0.6) is 0 Å². The molecule has 5 nitrogen and oxygen atoms in total. The molecule has 0 amide bonds. The van der Waals surface area contributed by atoms with E-state index in [-0.39, 0.29) is 0 Å². The maximum absolute atomic E-state index is 4.40. The molecule has 0 spiro atoms. The maximum atomic E-state index is 4.40. The van der Waals surface area contributed by atoms with E-state index in [1.807, 2.05) is 13.8 Å². The van der Waals surface area contributed by atoms with Gasteiger partial charge < -0.3 is 10.6 Å². The third-order valence-electron chi connectivity index (χ3n) is 2.36. The predicted octanol–water partition coefficient (Wildman–Crippen LogP) is 2.47. The summed E-state index contributed by atoms with van der Waals surface area (Å²) in [5, 5.41) is 6.27. The SMILES string of the molecule is CCCCCc1nc(NCC)nc(NCC)n1. The zero-order chi connectivity index (χ0) is 12.5. The van der Waals surface area contributed by atoms with Gasteiger partial charge >= 0.3 is 0 Å². The third-order valence-corrected chi connectivity index (χ3v) is 2.36. The third kappa shape index (κ3) is 4.97. The molecule has 0 aliphatic rings. The van der Waals surface area contributed by atoms with Crippen molar-refractivity contribution in [2.75, 3.05) is 23.7 Å². The number of aromatic nitrogens is 3. The standard InChI is InChI=1S/C12H23N5/c1-4-7-8-9-10-15-11(13-5-2)17-12(16-10)14-6-3/h4-9H2,1-3H3,(H2,13,14,15,16,17). The molecule has 0 aliphatic heterocycles. The number of nitrogens with one attached hydrogen (secondary N) is 2. The molecule has 0 saturated heterocycles. The lowest BCUT2D eigenvalue weighted by Gasteiger charge is -2.08. The molecule has 17 heavy (non-hydrogen) atoms. The molecule has 0 fully saturated rings. The smallest absolute Gasteiger partial charge is 0.227 e. The summed E-state index contributed by atoms with van der Waals surface area (Å²) < 4.78 is 0. The van der Waals surface area contributed by atoms with Crippen molar-refractivity contribution >= 4 is 11.9 Å². The number of unbranched alkanes of at least 4 members (excludes halogenated alkanes) is 2. The summed E-state index contributed by atoms with van der Waals surface area (Å²) in [6.07, 6.45) is 4.49. The minimum atomic E-state index is 0.671. The van der Waals surface area contributed by atoms with Crippen LogP contribution >= 0.6 is 0 Å². The van der Waals surface area contributed by atoms with Crippen molar-refractivity contribution in [1.82, 2.24) is 15.0 Å². The normalized spacial score (nSPS) is 10.3. The summed E-state index contributed by atoms with van der Waals surface area (Å²) in [6.45, 7) is 7.91. The predicted molar refractivity (Wildman–Crippen MR) is 71.4 cm³/mol. The fraction of sp³-hybridized carbons (Fsp3) is 0.750. The van der Waals surface area contributed by atoms with Gasteiger partial charge in [-0.1, -0.05) is 19.8 Å². The van der Waals surface area contributed by atoms with Gasteiger partial charge in [-0.2, -0.15) is 15.0 Å². The average molecular weight is 237 g/mol. The van der Waals surface area contributed by atoms with Gasteiger partial charge in [0, 0.05) is 19.5 Å². The molecule has 0 unspecified atom stereocenters. The fourth-order valence-electron chi connectivity index (χ4n) is 1.54. The molecule has 1 aromatic rings. The number of hydrogen-bond acceptors (Lipinski definition) is 5. The Bertz CT molecular complexity index is 302. The zero-order valence-electron chi connectivity index (χ0n) is 11.1. The summed E-state index contributed by atoms with van der Waals surface area (Å²) in [4.78, 5) is 13.1. The van der Waals surface area contributed by atoms with E-state index in [0.717, 1.165) is 31.8 Å². The minimum Gasteiger partial charge on any atom is -0.354 e. The van der Waals surface area contributed by atoms with E-state index in [2.05, 4.69) is 32.5 Å². The first-order valence-corrected chi connectivity index (χ1v) is 6.52. The molecule has 0 saturated carbocycles. The van der Waals surface area contributed by atoms with Crippen molar-refractivity contribution in [2.24, 2.45) is 0 Å². The molecule has 1 aromatic heterocycles. The summed E-state index contributed by atoms with van der Waals surface area (Å²) >= 11 is 0. The van der Waals surface area contributed by atoms with Gasteiger partial charge in [-0.05, 0) is 20.3 Å². The first kappa shape index (κ1) is 13.7. The van der Waals surface area contributed by atoms with Crippen LogP contribution in [-0.4, -0.2) is 28.0 Å². The lowest BCUT2D eigenvalue weighted by molar-refractivity contribution is 0.691. The highest BCUT2D eigenvalue weighted by Crippen LogP contribution is 2.08. The van der Waals surface area contributed by atoms with E-state index in [9.17, 15) is 0 Å². The van der Waals surface area contributed by atoms with E-state index in [0.29, 0.717) is 11.9 Å². The number of aryl methyl sites for hydroxylation is 1. The molecule has 96 valence electrons. The number of nitrogens with zero attached hydrogens (tertiary/aromatic N) is 3. The molecule has 5 heteroatoms. The minimum absolute atomic E-state index is 0.671. The summed E-state index contributed by atoms with van der Waals surface area (Å²) in [5.74, 6) is 2.22. The average Bonchev–Trinajstić information content (AvgIpc) is 2.30. The fourth-order valence-corrected chi connectivity index (χ4v) is 1.54. The first-order valence-electron chi connectivity index (χ1n) is 6.52. The molecule has 0 bridgehead atoms. The largest absolute Gasteiger partial charge is 0.354 e. The van der Waals surface area contributed by atoms with Gasteiger partial charge in [0.25, 0.3) is 0 Å². The van der Waals surface area contributed by atoms with Crippen LogP contribution in [0.25, 0.3) is 0 Å². The van der Waals surface area contributed by atoms with Gasteiger partial charge in [0.15, 0.2) is 0 Å². The highest BCUT2D eigenvalue weighted by Gasteiger charge is 2.04. The van der Waals surface area contributed by atoms with E-state index in [4.69, 9.17) is 0 Å².